The SMILES string of the molecule is Cc1ccc(Cn2nnc(NC=O)c2N)cc1. The molecular formula is C11H13N5O. The molecule has 17 heavy (non-hydrogen) atoms. The molecule has 0 unspecified atom stereocenters. The number of rotatable bonds is 4. The fourth-order valence-electron chi connectivity index (χ4n) is 1.46. The molecule has 3 N–H and O–H groups in total. The van der Waals surface area contributed by atoms with Gasteiger partial charge in [-0.15, -0.1) is 5.10 Å². The van der Waals surface area contributed by atoms with Crippen LogP contribution in [0, 0.1) is 6.92 Å². The summed E-state index contributed by atoms with van der Waals surface area (Å²) in [4.78, 5) is 10.3. The van der Waals surface area contributed by atoms with Crippen LogP contribution in [0.4, 0.5) is 11.6 Å². The van der Waals surface area contributed by atoms with Gasteiger partial charge in [-0.25, -0.2) is 4.68 Å². The van der Waals surface area contributed by atoms with Crippen molar-refractivity contribution < 1.29 is 4.79 Å². The number of hydrogen-bond acceptors (Lipinski definition) is 4. The largest absolute Gasteiger partial charge is 0.381 e. The van der Waals surface area contributed by atoms with Gasteiger partial charge in [0.2, 0.25) is 6.41 Å². The van der Waals surface area contributed by atoms with Crippen molar-refractivity contribution in [2.45, 2.75) is 13.5 Å². The van der Waals surface area contributed by atoms with Gasteiger partial charge in [0.15, 0.2) is 11.6 Å². The highest BCUT2D eigenvalue weighted by Gasteiger charge is 2.08. The number of aryl methyl sites for hydroxylation is 1. The Kier molecular flexibility index (Phi) is 3.04. The lowest BCUT2D eigenvalue weighted by atomic mass is 10.1. The van der Waals surface area contributed by atoms with Gasteiger partial charge in [0.25, 0.3) is 0 Å². The van der Waals surface area contributed by atoms with Crippen LogP contribution in [0.2, 0.25) is 0 Å². The Morgan fingerprint density at radius 1 is 1.41 bits per heavy atom. The van der Waals surface area contributed by atoms with E-state index in [4.69, 9.17) is 5.73 Å². The molecule has 0 aliphatic heterocycles. The molecule has 0 spiro atoms. The summed E-state index contributed by atoms with van der Waals surface area (Å²) >= 11 is 0. The summed E-state index contributed by atoms with van der Waals surface area (Å²) in [6.07, 6.45) is 0.524. The van der Waals surface area contributed by atoms with E-state index in [-0.39, 0.29) is 5.82 Å². The van der Waals surface area contributed by atoms with Crippen LogP contribution >= 0.6 is 0 Å². The lowest BCUT2D eigenvalue weighted by molar-refractivity contribution is -0.105. The predicted octanol–water partition coefficient (Wildman–Crippen LogP) is 0.785. The normalized spacial score (nSPS) is 10.2. The maximum Gasteiger partial charge on any atom is 0.212 e. The summed E-state index contributed by atoms with van der Waals surface area (Å²) in [5.74, 6) is 0.629. The zero-order valence-electron chi connectivity index (χ0n) is 9.42. The van der Waals surface area contributed by atoms with E-state index >= 15 is 0 Å². The standard InChI is InChI=1S/C11H13N5O/c1-8-2-4-9(5-3-8)6-16-10(12)11(13-7-17)14-15-16/h2-5,7H,6,12H2,1H3,(H,13,17). The summed E-state index contributed by atoms with van der Waals surface area (Å²) in [5, 5.41) is 10.0. The summed E-state index contributed by atoms with van der Waals surface area (Å²) in [5.41, 5.74) is 8.06. The maximum absolute atomic E-state index is 10.3. The van der Waals surface area contributed by atoms with Gasteiger partial charge in [-0.3, -0.25) is 4.79 Å². The quantitative estimate of drug-likeness (QED) is 0.761. The minimum Gasteiger partial charge on any atom is -0.381 e. The molecule has 0 aliphatic rings. The number of amides is 1. The molecule has 0 atom stereocenters. The molecule has 6 heteroatoms. The van der Waals surface area contributed by atoms with Crippen LogP contribution in [0.1, 0.15) is 11.1 Å². The highest BCUT2D eigenvalue weighted by atomic mass is 16.1. The van der Waals surface area contributed by atoms with E-state index in [1.54, 1.807) is 0 Å². The molecule has 2 rings (SSSR count). The van der Waals surface area contributed by atoms with E-state index < -0.39 is 0 Å². The molecule has 6 nitrogen and oxygen atoms in total. The number of benzene rings is 1. The van der Waals surface area contributed by atoms with E-state index in [1.165, 1.54) is 10.2 Å². The van der Waals surface area contributed by atoms with Gasteiger partial charge in [0.05, 0.1) is 6.54 Å². The number of nitrogens with two attached hydrogens (primary N) is 1. The van der Waals surface area contributed by atoms with Crippen LogP contribution in [0.15, 0.2) is 24.3 Å². The molecule has 2 aromatic rings. The van der Waals surface area contributed by atoms with Crippen LogP contribution in [-0.2, 0) is 11.3 Å². The van der Waals surface area contributed by atoms with Crippen molar-refractivity contribution >= 4 is 18.0 Å². The third-order valence-electron chi connectivity index (χ3n) is 2.42. The minimum absolute atomic E-state index is 0.284. The van der Waals surface area contributed by atoms with Gasteiger partial charge in [-0.2, -0.15) is 0 Å². The Hall–Kier alpha value is -2.37. The van der Waals surface area contributed by atoms with E-state index in [9.17, 15) is 4.79 Å². The molecule has 0 aliphatic carbocycles. The number of nitrogens with one attached hydrogen (secondary N) is 1. The molecule has 1 amide bonds. The average Bonchev–Trinajstić information content (AvgIpc) is 2.65. The first-order chi connectivity index (χ1) is 8.20. The Labute approximate surface area is 98.4 Å². The first-order valence-electron chi connectivity index (χ1n) is 5.15. The molecular weight excluding hydrogens is 218 g/mol. The number of carbonyl (C=O) groups excluding carboxylic acids is 1. The van der Waals surface area contributed by atoms with Crippen LogP contribution in [0.5, 0.6) is 0 Å². The van der Waals surface area contributed by atoms with Crippen molar-refractivity contribution in [3.63, 3.8) is 0 Å². The number of aromatic nitrogens is 3. The fourth-order valence-corrected chi connectivity index (χ4v) is 1.46. The predicted molar refractivity (Wildman–Crippen MR) is 64.4 cm³/mol. The minimum atomic E-state index is 0.284. The van der Waals surface area contributed by atoms with Gasteiger partial charge in [0.1, 0.15) is 0 Å². The van der Waals surface area contributed by atoms with Gasteiger partial charge in [0, 0.05) is 0 Å². The molecule has 0 bridgehead atoms. The molecule has 0 saturated heterocycles. The molecule has 1 heterocycles. The van der Waals surface area contributed by atoms with E-state index in [0.29, 0.717) is 18.8 Å². The lowest BCUT2D eigenvalue weighted by Crippen LogP contribution is -2.07. The third-order valence-corrected chi connectivity index (χ3v) is 2.42. The van der Waals surface area contributed by atoms with Crippen LogP contribution < -0.4 is 11.1 Å². The Balaban J connectivity index is 2.18. The monoisotopic (exact) mass is 231 g/mol. The molecule has 0 fully saturated rings. The maximum atomic E-state index is 10.3. The Morgan fingerprint density at radius 2 is 2.12 bits per heavy atom. The first-order valence-corrected chi connectivity index (χ1v) is 5.15. The fraction of sp³-hybridized carbons (Fsp3) is 0.182. The highest BCUT2D eigenvalue weighted by molar-refractivity contribution is 5.74. The van der Waals surface area contributed by atoms with Crippen molar-refractivity contribution in [2.75, 3.05) is 11.1 Å². The summed E-state index contributed by atoms with van der Waals surface area (Å²) in [7, 11) is 0. The second-order valence-electron chi connectivity index (χ2n) is 3.73. The third kappa shape index (κ3) is 2.41. The number of anilines is 2. The second kappa shape index (κ2) is 4.65. The Morgan fingerprint density at radius 3 is 2.76 bits per heavy atom. The second-order valence-corrected chi connectivity index (χ2v) is 3.73. The smallest absolute Gasteiger partial charge is 0.212 e. The van der Waals surface area contributed by atoms with Crippen LogP contribution in [0.3, 0.4) is 0 Å². The van der Waals surface area contributed by atoms with Crippen LogP contribution in [-0.4, -0.2) is 21.4 Å². The Bertz CT molecular complexity index is 517. The van der Waals surface area contributed by atoms with Crippen molar-refractivity contribution in [1.29, 1.82) is 0 Å². The van der Waals surface area contributed by atoms with Gasteiger partial charge < -0.3 is 11.1 Å². The van der Waals surface area contributed by atoms with Gasteiger partial charge >= 0.3 is 0 Å². The molecule has 88 valence electrons. The van der Waals surface area contributed by atoms with Crippen molar-refractivity contribution in [3.8, 4) is 0 Å². The number of nitrogen functional groups attached to an aromatic ring is 1. The zero-order valence-corrected chi connectivity index (χ0v) is 9.42. The van der Waals surface area contributed by atoms with Crippen LogP contribution in [0.25, 0.3) is 0 Å². The van der Waals surface area contributed by atoms with Crippen molar-refractivity contribution in [1.82, 2.24) is 15.0 Å². The van der Waals surface area contributed by atoms with Gasteiger partial charge in [-0.1, -0.05) is 35.0 Å². The van der Waals surface area contributed by atoms with E-state index in [0.717, 1.165) is 5.56 Å². The van der Waals surface area contributed by atoms with E-state index in [1.807, 2.05) is 31.2 Å². The molecule has 1 aromatic heterocycles. The molecule has 0 saturated carbocycles. The number of nitrogens with zero attached hydrogens (tertiary/aromatic N) is 3. The first kappa shape index (κ1) is 11.1. The van der Waals surface area contributed by atoms with Crippen molar-refractivity contribution in [3.05, 3.63) is 35.4 Å². The van der Waals surface area contributed by atoms with E-state index in [2.05, 4.69) is 15.6 Å². The average molecular weight is 231 g/mol. The number of hydrogen-bond donors (Lipinski definition) is 2. The van der Waals surface area contributed by atoms with Crippen molar-refractivity contribution in [2.24, 2.45) is 0 Å². The highest BCUT2D eigenvalue weighted by Crippen LogP contribution is 2.14. The summed E-state index contributed by atoms with van der Waals surface area (Å²) < 4.78 is 1.54. The van der Waals surface area contributed by atoms with Gasteiger partial charge in [-0.05, 0) is 12.5 Å². The number of carbonyl (C=O) groups is 1. The lowest BCUT2D eigenvalue weighted by Gasteiger charge is -2.03. The summed E-state index contributed by atoms with van der Waals surface area (Å²) in [6, 6.07) is 8.05. The molecule has 1 aromatic carbocycles. The summed E-state index contributed by atoms with van der Waals surface area (Å²) in [6.45, 7) is 2.55. The topological polar surface area (TPSA) is 85.8 Å². The zero-order chi connectivity index (χ0) is 12.3. The molecule has 0 radical (unpaired) electrons.